The quantitative estimate of drug-likeness (QED) is 0.816. The van der Waals surface area contributed by atoms with Crippen molar-refractivity contribution in [3.8, 4) is 0 Å². The van der Waals surface area contributed by atoms with E-state index in [9.17, 15) is 9.18 Å². The summed E-state index contributed by atoms with van der Waals surface area (Å²) in [7, 11) is 1.89. The van der Waals surface area contributed by atoms with Gasteiger partial charge in [-0.1, -0.05) is 6.92 Å². The maximum absolute atomic E-state index is 13.6. The zero-order chi connectivity index (χ0) is 15.5. The van der Waals surface area contributed by atoms with E-state index in [0.29, 0.717) is 5.69 Å². The fourth-order valence-electron chi connectivity index (χ4n) is 1.83. The number of hydrogen-bond acceptors (Lipinski definition) is 3. The molecule has 1 atom stereocenters. The number of rotatable bonds is 5. The SMILES string of the molecule is CCC(C)(C)N(C)C(C)C(=O)Nc1cc(N)ccc1F. The predicted molar refractivity (Wildman–Crippen MR) is 81.0 cm³/mol. The molecule has 0 saturated heterocycles. The molecule has 0 saturated carbocycles. The van der Waals surface area contributed by atoms with Crippen LogP contribution in [0.2, 0.25) is 0 Å². The normalized spacial score (nSPS) is 13.3. The predicted octanol–water partition coefficient (Wildman–Crippen LogP) is 2.86. The number of nitrogens with one attached hydrogen (secondary N) is 1. The smallest absolute Gasteiger partial charge is 0.241 e. The highest BCUT2D eigenvalue weighted by Gasteiger charge is 2.29. The maximum atomic E-state index is 13.6. The minimum atomic E-state index is -0.489. The molecule has 0 fully saturated rings. The zero-order valence-corrected chi connectivity index (χ0v) is 12.8. The van der Waals surface area contributed by atoms with E-state index < -0.39 is 5.82 Å². The molecule has 1 aromatic rings. The zero-order valence-electron chi connectivity index (χ0n) is 12.8. The van der Waals surface area contributed by atoms with Crippen molar-refractivity contribution in [3.63, 3.8) is 0 Å². The molecule has 112 valence electrons. The molecule has 0 aromatic heterocycles. The fraction of sp³-hybridized carbons (Fsp3) is 0.533. The summed E-state index contributed by atoms with van der Waals surface area (Å²) in [5, 5.41) is 2.59. The maximum Gasteiger partial charge on any atom is 0.241 e. The topological polar surface area (TPSA) is 58.4 Å². The lowest BCUT2D eigenvalue weighted by Crippen LogP contribution is -2.50. The van der Waals surface area contributed by atoms with Crippen LogP contribution in [0.25, 0.3) is 0 Å². The molecule has 3 N–H and O–H groups in total. The summed E-state index contributed by atoms with van der Waals surface area (Å²) >= 11 is 0. The van der Waals surface area contributed by atoms with Gasteiger partial charge in [0.1, 0.15) is 5.82 Å². The van der Waals surface area contributed by atoms with Gasteiger partial charge < -0.3 is 11.1 Å². The van der Waals surface area contributed by atoms with E-state index in [4.69, 9.17) is 5.73 Å². The average Bonchev–Trinajstić information content (AvgIpc) is 2.41. The van der Waals surface area contributed by atoms with Gasteiger partial charge in [-0.2, -0.15) is 0 Å². The van der Waals surface area contributed by atoms with Crippen molar-refractivity contribution in [3.05, 3.63) is 24.0 Å². The van der Waals surface area contributed by atoms with Crippen molar-refractivity contribution < 1.29 is 9.18 Å². The second-order valence-corrected chi connectivity index (χ2v) is 5.68. The number of halogens is 1. The minimum absolute atomic E-state index is 0.106. The minimum Gasteiger partial charge on any atom is -0.399 e. The van der Waals surface area contributed by atoms with E-state index in [2.05, 4.69) is 26.1 Å². The first-order valence-electron chi connectivity index (χ1n) is 6.78. The second-order valence-electron chi connectivity index (χ2n) is 5.68. The Morgan fingerprint density at radius 2 is 2.10 bits per heavy atom. The molecule has 0 aliphatic rings. The summed E-state index contributed by atoms with van der Waals surface area (Å²) in [6.07, 6.45) is 0.910. The molecule has 0 aliphatic carbocycles. The first kappa shape index (κ1) is 16.4. The van der Waals surface area contributed by atoms with E-state index in [1.165, 1.54) is 18.2 Å². The lowest BCUT2D eigenvalue weighted by molar-refractivity contribution is -0.122. The van der Waals surface area contributed by atoms with Crippen LogP contribution >= 0.6 is 0 Å². The van der Waals surface area contributed by atoms with Crippen molar-refractivity contribution in [2.75, 3.05) is 18.1 Å². The molecule has 5 heteroatoms. The summed E-state index contributed by atoms with van der Waals surface area (Å²) in [5.74, 6) is -0.740. The lowest BCUT2D eigenvalue weighted by atomic mass is 9.98. The third-order valence-corrected chi connectivity index (χ3v) is 4.03. The number of likely N-dealkylation sites (N-methyl/N-ethyl adjacent to an activating group) is 1. The number of carbonyl (C=O) groups excluding carboxylic acids is 1. The Hall–Kier alpha value is -1.62. The highest BCUT2D eigenvalue weighted by atomic mass is 19.1. The molecule has 0 heterocycles. The van der Waals surface area contributed by atoms with Gasteiger partial charge in [0.25, 0.3) is 0 Å². The number of nitrogens with two attached hydrogens (primary N) is 1. The van der Waals surface area contributed by atoms with E-state index in [1.807, 2.05) is 11.9 Å². The molecule has 1 unspecified atom stereocenters. The summed E-state index contributed by atoms with van der Waals surface area (Å²) in [6.45, 7) is 8.01. The standard InChI is InChI=1S/C15H24FN3O/c1-6-15(3,4)19(5)10(2)14(20)18-13-9-11(17)7-8-12(13)16/h7-10H,6,17H2,1-5H3,(H,18,20). The van der Waals surface area contributed by atoms with E-state index >= 15 is 0 Å². The molecule has 20 heavy (non-hydrogen) atoms. The molecule has 0 aliphatic heterocycles. The largest absolute Gasteiger partial charge is 0.399 e. The third kappa shape index (κ3) is 3.70. The Balaban J connectivity index is 2.83. The van der Waals surface area contributed by atoms with Crippen LogP contribution in [0.4, 0.5) is 15.8 Å². The number of amides is 1. The molecular formula is C15H24FN3O. The van der Waals surface area contributed by atoms with Gasteiger partial charge >= 0.3 is 0 Å². The van der Waals surface area contributed by atoms with Gasteiger partial charge in [0.05, 0.1) is 11.7 Å². The first-order valence-corrected chi connectivity index (χ1v) is 6.78. The van der Waals surface area contributed by atoms with Crippen LogP contribution in [0.3, 0.4) is 0 Å². The molecule has 4 nitrogen and oxygen atoms in total. The van der Waals surface area contributed by atoms with Gasteiger partial charge in [-0.15, -0.1) is 0 Å². The average molecular weight is 281 g/mol. The Kier molecular flexibility index (Phi) is 5.11. The van der Waals surface area contributed by atoms with Crippen LogP contribution < -0.4 is 11.1 Å². The van der Waals surface area contributed by atoms with Crippen LogP contribution in [-0.4, -0.2) is 29.4 Å². The first-order chi connectivity index (χ1) is 9.19. The van der Waals surface area contributed by atoms with Crippen molar-refractivity contribution in [2.24, 2.45) is 0 Å². The number of nitrogens with zero attached hydrogens (tertiary/aromatic N) is 1. The Morgan fingerprint density at radius 1 is 1.50 bits per heavy atom. The number of nitrogen functional groups attached to an aromatic ring is 1. The van der Waals surface area contributed by atoms with Crippen LogP contribution in [0.1, 0.15) is 34.1 Å². The number of anilines is 2. The van der Waals surface area contributed by atoms with Crippen molar-refractivity contribution in [1.82, 2.24) is 4.90 Å². The Morgan fingerprint density at radius 3 is 2.65 bits per heavy atom. The van der Waals surface area contributed by atoms with Crippen molar-refractivity contribution in [2.45, 2.75) is 45.7 Å². The molecule has 1 rings (SSSR count). The number of hydrogen-bond donors (Lipinski definition) is 2. The van der Waals surface area contributed by atoms with Crippen molar-refractivity contribution in [1.29, 1.82) is 0 Å². The summed E-state index contributed by atoms with van der Waals surface area (Å²) in [6, 6.07) is 3.76. The van der Waals surface area contributed by atoms with Gasteiger partial charge in [-0.05, 0) is 52.4 Å². The van der Waals surface area contributed by atoms with E-state index in [1.54, 1.807) is 6.92 Å². The third-order valence-electron chi connectivity index (χ3n) is 4.03. The Labute approximate surface area is 120 Å². The molecule has 1 amide bonds. The molecule has 1 aromatic carbocycles. The molecular weight excluding hydrogens is 257 g/mol. The fourth-order valence-corrected chi connectivity index (χ4v) is 1.83. The van der Waals surface area contributed by atoms with E-state index in [-0.39, 0.29) is 23.2 Å². The van der Waals surface area contributed by atoms with Gasteiger partial charge in [0.2, 0.25) is 5.91 Å². The van der Waals surface area contributed by atoms with Crippen LogP contribution in [-0.2, 0) is 4.79 Å². The summed E-state index contributed by atoms with van der Waals surface area (Å²) in [4.78, 5) is 14.2. The molecule has 0 bridgehead atoms. The van der Waals surface area contributed by atoms with Crippen LogP contribution in [0.5, 0.6) is 0 Å². The highest BCUT2D eigenvalue weighted by Crippen LogP contribution is 2.21. The monoisotopic (exact) mass is 281 g/mol. The van der Waals surface area contributed by atoms with Gasteiger partial charge in [0, 0.05) is 11.2 Å². The summed E-state index contributed by atoms with van der Waals surface area (Å²) < 4.78 is 13.6. The highest BCUT2D eigenvalue weighted by molar-refractivity contribution is 5.95. The van der Waals surface area contributed by atoms with Crippen molar-refractivity contribution >= 4 is 17.3 Å². The van der Waals surface area contributed by atoms with Crippen LogP contribution in [0, 0.1) is 5.82 Å². The van der Waals surface area contributed by atoms with E-state index in [0.717, 1.165) is 6.42 Å². The van der Waals surface area contributed by atoms with Gasteiger partial charge in [-0.25, -0.2) is 4.39 Å². The van der Waals surface area contributed by atoms with Gasteiger partial charge in [0.15, 0.2) is 0 Å². The van der Waals surface area contributed by atoms with Gasteiger partial charge in [-0.3, -0.25) is 9.69 Å². The Bertz CT molecular complexity index is 488. The number of benzene rings is 1. The molecule has 0 radical (unpaired) electrons. The number of carbonyl (C=O) groups is 1. The van der Waals surface area contributed by atoms with Crippen LogP contribution in [0.15, 0.2) is 18.2 Å². The second kappa shape index (κ2) is 6.22. The molecule has 0 spiro atoms. The summed E-state index contributed by atoms with van der Waals surface area (Å²) in [5.41, 5.74) is 6.02. The lowest BCUT2D eigenvalue weighted by Gasteiger charge is -2.38.